The number of thioether (sulfide) groups is 1. The molecule has 1 atom stereocenters. The van der Waals surface area contributed by atoms with E-state index in [2.05, 4.69) is 10.6 Å². The maximum atomic E-state index is 12.7. The van der Waals surface area contributed by atoms with Gasteiger partial charge in [0.15, 0.2) is 9.84 Å². The molecule has 2 heterocycles. The zero-order chi connectivity index (χ0) is 23.3. The number of ether oxygens (including phenoxy) is 1. The number of benzene rings is 1. The third kappa shape index (κ3) is 5.94. The number of hydrogen-bond donors (Lipinski definition) is 2. The van der Waals surface area contributed by atoms with Gasteiger partial charge in [-0.05, 0) is 44.4 Å². The molecule has 0 aromatic heterocycles. The van der Waals surface area contributed by atoms with Crippen molar-refractivity contribution in [1.29, 1.82) is 0 Å². The zero-order valence-corrected chi connectivity index (χ0v) is 19.9. The zero-order valence-electron chi connectivity index (χ0n) is 18.3. The summed E-state index contributed by atoms with van der Waals surface area (Å²) in [4.78, 5) is 38.7. The van der Waals surface area contributed by atoms with Gasteiger partial charge in [0.05, 0.1) is 28.2 Å². The van der Waals surface area contributed by atoms with Gasteiger partial charge in [0.2, 0.25) is 11.8 Å². The van der Waals surface area contributed by atoms with Gasteiger partial charge in [-0.15, -0.1) is 11.8 Å². The highest BCUT2D eigenvalue weighted by Crippen LogP contribution is 2.38. The van der Waals surface area contributed by atoms with Gasteiger partial charge < -0.3 is 20.3 Å². The lowest BCUT2D eigenvalue weighted by atomic mass is 10.1. The second-order valence-electron chi connectivity index (χ2n) is 7.76. The highest BCUT2D eigenvalue weighted by molar-refractivity contribution is 8.01. The molecule has 3 rings (SSSR count). The number of nitrogens with zero attached hydrogens (tertiary/aromatic N) is 1. The van der Waals surface area contributed by atoms with Gasteiger partial charge in [0.1, 0.15) is 0 Å². The van der Waals surface area contributed by atoms with Crippen LogP contribution in [0.25, 0.3) is 0 Å². The van der Waals surface area contributed by atoms with Crippen molar-refractivity contribution in [3.8, 4) is 0 Å². The second kappa shape index (κ2) is 10.6. The fraction of sp³-hybridized carbons (Fsp3) is 0.571. The predicted octanol–water partition coefficient (Wildman–Crippen LogP) is 2.41. The molecule has 1 saturated heterocycles. The average molecular weight is 484 g/mol. The largest absolute Gasteiger partial charge is 0.450 e. The molecule has 1 aromatic rings. The molecular weight excluding hydrogens is 454 g/mol. The minimum Gasteiger partial charge on any atom is -0.450 e. The molecule has 0 saturated carbocycles. The number of nitrogens with one attached hydrogen (secondary N) is 2. The SMILES string of the molecule is CCOC(=O)N1CCC(NC(=O)CCS(=O)(=O)c2ccc3c(c2)NC(=O)C(CC)S3)CC1. The Bertz CT molecular complexity index is 974. The summed E-state index contributed by atoms with van der Waals surface area (Å²) >= 11 is 1.42. The Morgan fingerprint density at radius 3 is 2.62 bits per heavy atom. The van der Waals surface area contributed by atoms with Crippen molar-refractivity contribution < 1.29 is 27.5 Å². The van der Waals surface area contributed by atoms with Crippen LogP contribution in [0.3, 0.4) is 0 Å². The topological polar surface area (TPSA) is 122 Å². The first-order valence-electron chi connectivity index (χ1n) is 10.8. The standard InChI is InChI=1S/C21H29N3O6S2/c1-3-17-20(26)23-16-13-15(5-6-18(16)31-17)32(28,29)12-9-19(25)22-14-7-10-24(11-8-14)21(27)30-4-2/h5-6,13-14,17H,3-4,7-12H2,1-2H3,(H,22,25)(H,23,26). The van der Waals surface area contributed by atoms with E-state index in [0.29, 0.717) is 44.6 Å². The lowest BCUT2D eigenvalue weighted by Crippen LogP contribution is -2.46. The fourth-order valence-electron chi connectivity index (χ4n) is 3.66. The van der Waals surface area contributed by atoms with Gasteiger partial charge in [-0.25, -0.2) is 13.2 Å². The lowest BCUT2D eigenvalue weighted by molar-refractivity contribution is -0.121. The van der Waals surface area contributed by atoms with Crippen LogP contribution in [0, 0.1) is 0 Å². The van der Waals surface area contributed by atoms with Gasteiger partial charge in [-0.2, -0.15) is 0 Å². The van der Waals surface area contributed by atoms with Gasteiger partial charge in [-0.1, -0.05) is 6.92 Å². The van der Waals surface area contributed by atoms with Crippen LogP contribution in [0.2, 0.25) is 0 Å². The number of piperidine rings is 1. The molecule has 32 heavy (non-hydrogen) atoms. The minimum absolute atomic E-state index is 0.0858. The second-order valence-corrected chi connectivity index (χ2v) is 11.1. The molecule has 2 N–H and O–H groups in total. The Labute approximate surface area is 192 Å². The number of carbonyl (C=O) groups is 3. The highest BCUT2D eigenvalue weighted by atomic mass is 32.2. The van der Waals surface area contributed by atoms with Crippen LogP contribution >= 0.6 is 11.8 Å². The molecule has 0 aliphatic carbocycles. The van der Waals surface area contributed by atoms with Crippen molar-refractivity contribution in [2.24, 2.45) is 0 Å². The van der Waals surface area contributed by atoms with Gasteiger partial charge in [0.25, 0.3) is 0 Å². The van der Waals surface area contributed by atoms with Crippen LogP contribution in [0.5, 0.6) is 0 Å². The normalized spacial score (nSPS) is 19.1. The number of fused-ring (bicyclic) bond motifs is 1. The van der Waals surface area contributed by atoms with Crippen molar-refractivity contribution in [1.82, 2.24) is 10.2 Å². The summed E-state index contributed by atoms with van der Waals surface area (Å²) in [6.45, 7) is 4.97. The van der Waals surface area contributed by atoms with E-state index in [0.717, 1.165) is 4.90 Å². The average Bonchev–Trinajstić information content (AvgIpc) is 2.77. The first kappa shape index (κ1) is 24.4. The molecular formula is C21H29N3O6S2. The monoisotopic (exact) mass is 483 g/mol. The molecule has 0 bridgehead atoms. The van der Waals surface area contributed by atoms with Crippen LogP contribution in [0.1, 0.15) is 39.5 Å². The smallest absolute Gasteiger partial charge is 0.409 e. The van der Waals surface area contributed by atoms with Gasteiger partial charge in [0, 0.05) is 30.4 Å². The van der Waals surface area contributed by atoms with E-state index < -0.39 is 9.84 Å². The third-order valence-corrected chi connectivity index (χ3v) is 8.64. The fourth-order valence-corrected chi connectivity index (χ4v) is 5.94. The van der Waals surface area contributed by atoms with E-state index in [-0.39, 0.29) is 46.3 Å². The van der Waals surface area contributed by atoms with Crippen LogP contribution in [0.15, 0.2) is 28.0 Å². The molecule has 0 spiro atoms. The third-order valence-electron chi connectivity index (χ3n) is 5.48. The van der Waals surface area contributed by atoms with Crippen LogP contribution < -0.4 is 10.6 Å². The minimum atomic E-state index is -3.68. The molecule has 2 aliphatic rings. The summed E-state index contributed by atoms with van der Waals surface area (Å²) in [5.74, 6) is -0.790. The molecule has 9 nitrogen and oxygen atoms in total. The van der Waals surface area contributed by atoms with Gasteiger partial charge in [-0.3, -0.25) is 9.59 Å². The summed E-state index contributed by atoms with van der Waals surface area (Å²) < 4.78 is 30.5. The quantitative estimate of drug-likeness (QED) is 0.611. The number of sulfone groups is 1. The van der Waals surface area contributed by atoms with Crippen molar-refractivity contribution in [2.75, 3.05) is 30.8 Å². The summed E-state index contributed by atoms with van der Waals surface area (Å²) in [6.07, 6.45) is 1.37. The molecule has 1 aromatic carbocycles. The van der Waals surface area contributed by atoms with Crippen LogP contribution in [0.4, 0.5) is 10.5 Å². The Morgan fingerprint density at radius 2 is 1.97 bits per heavy atom. The highest BCUT2D eigenvalue weighted by Gasteiger charge is 2.28. The van der Waals surface area contributed by atoms with E-state index in [1.54, 1.807) is 17.9 Å². The lowest BCUT2D eigenvalue weighted by Gasteiger charge is -2.31. The van der Waals surface area contributed by atoms with Gasteiger partial charge >= 0.3 is 6.09 Å². The van der Waals surface area contributed by atoms with Crippen molar-refractivity contribution in [3.05, 3.63) is 18.2 Å². The Hall–Kier alpha value is -2.27. The number of likely N-dealkylation sites (tertiary alicyclic amines) is 1. The number of hydrogen-bond acceptors (Lipinski definition) is 7. The number of rotatable bonds is 7. The summed E-state index contributed by atoms with van der Waals surface area (Å²) in [6, 6.07) is 4.59. The Kier molecular flexibility index (Phi) is 8.05. The predicted molar refractivity (Wildman–Crippen MR) is 121 cm³/mol. The molecule has 2 aliphatic heterocycles. The van der Waals surface area contributed by atoms with Crippen LogP contribution in [-0.4, -0.2) is 68.0 Å². The number of carbonyl (C=O) groups excluding carboxylic acids is 3. The van der Waals surface area contributed by atoms with Crippen molar-refractivity contribution in [3.63, 3.8) is 0 Å². The molecule has 1 unspecified atom stereocenters. The summed E-state index contributed by atoms with van der Waals surface area (Å²) in [5.41, 5.74) is 0.489. The maximum Gasteiger partial charge on any atom is 0.409 e. The molecule has 0 radical (unpaired) electrons. The van der Waals surface area contributed by atoms with Crippen molar-refractivity contribution in [2.45, 2.75) is 60.6 Å². The van der Waals surface area contributed by atoms with Crippen LogP contribution in [-0.2, 0) is 24.2 Å². The first-order valence-corrected chi connectivity index (χ1v) is 13.3. The molecule has 176 valence electrons. The summed E-state index contributed by atoms with van der Waals surface area (Å²) in [5, 5.41) is 5.45. The van der Waals surface area contributed by atoms with E-state index in [4.69, 9.17) is 4.74 Å². The summed E-state index contributed by atoms with van der Waals surface area (Å²) in [7, 11) is -3.68. The Morgan fingerprint density at radius 1 is 1.25 bits per heavy atom. The van der Waals surface area contributed by atoms with E-state index in [1.165, 1.54) is 23.9 Å². The molecule has 1 fully saturated rings. The van der Waals surface area contributed by atoms with E-state index >= 15 is 0 Å². The first-order chi connectivity index (χ1) is 15.2. The van der Waals surface area contributed by atoms with Crippen molar-refractivity contribution >= 4 is 45.2 Å². The molecule has 3 amide bonds. The Balaban J connectivity index is 1.51. The maximum absolute atomic E-state index is 12.7. The van der Waals surface area contributed by atoms with E-state index in [1.807, 2.05) is 6.92 Å². The van der Waals surface area contributed by atoms with E-state index in [9.17, 15) is 22.8 Å². The number of amides is 3. The number of anilines is 1. The molecule has 11 heteroatoms.